The van der Waals surface area contributed by atoms with Crippen molar-refractivity contribution >= 4 is 0 Å². The standard InChI is InChI=1S/C40H63N3/c1-6-8-9-10-11-12-13-14-15-16-17-18-19-20-21-23-27-34(26-7-2)38-41-42-39(43(38)37-28-24-22-25-29-37)35-30-32-36(33-31-35)40(3,4)5/h22,24-25,28-34H,6-21,23,26-27H2,1-5H3. The van der Waals surface area contributed by atoms with Gasteiger partial charge in [-0.15, -0.1) is 10.2 Å². The van der Waals surface area contributed by atoms with Gasteiger partial charge in [-0.1, -0.05) is 186 Å². The van der Waals surface area contributed by atoms with Crippen LogP contribution in [0.1, 0.15) is 174 Å². The normalized spacial score (nSPS) is 12.6. The minimum Gasteiger partial charge on any atom is -0.279 e. The summed E-state index contributed by atoms with van der Waals surface area (Å²) < 4.78 is 2.33. The lowest BCUT2D eigenvalue weighted by Crippen LogP contribution is -2.11. The Morgan fingerprint density at radius 3 is 1.56 bits per heavy atom. The monoisotopic (exact) mass is 586 g/mol. The molecule has 0 radical (unpaired) electrons. The van der Waals surface area contributed by atoms with E-state index in [9.17, 15) is 0 Å². The summed E-state index contributed by atoms with van der Waals surface area (Å²) in [6.07, 6.45) is 26.1. The second-order valence-electron chi connectivity index (χ2n) is 14.0. The molecule has 3 rings (SSSR count). The highest BCUT2D eigenvalue weighted by molar-refractivity contribution is 5.59. The molecule has 3 heteroatoms. The maximum atomic E-state index is 4.86. The van der Waals surface area contributed by atoms with Crippen LogP contribution in [0.4, 0.5) is 0 Å². The van der Waals surface area contributed by atoms with Crippen LogP contribution in [0.2, 0.25) is 0 Å². The van der Waals surface area contributed by atoms with Gasteiger partial charge in [0.2, 0.25) is 0 Å². The van der Waals surface area contributed by atoms with Gasteiger partial charge in [-0.05, 0) is 36.0 Å². The zero-order valence-electron chi connectivity index (χ0n) is 28.6. The number of aromatic nitrogens is 3. The van der Waals surface area contributed by atoms with Crippen molar-refractivity contribution in [1.29, 1.82) is 0 Å². The second-order valence-corrected chi connectivity index (χ2v) is 14.0. The maximum Gasteiger partial charge on any atom is 0.168 e. The molecule has 43 heavy (non-hydrogen) atoms. The molecule has 1 unspecified atom stereocenters. The minimum atomic E-state index is 0.135. The molecule has 0 saturated heterocycles. The van der Waals surface area contributed by atoms with E-state index in [2.05, 4.69) is 93.8 Å². The topological polar surface area (TPSA) is 30.7 Å². The molecule has 0 saturated carbocycles. The predicted octanol–water partition coefficient (Wildman–Crippen LogP) is 12.8. The van der Waals surface area contributed by atoms with Gasteiger partial charge in [0, 0.05) is 17.2 Å². The van der Waals surface area contributed by atoms with Crippen molar-refractivity contribution in [3.63, 3.8) is 0 Å². The van der Waals surface area contributed by atoms with Crippen LogP contribution in [0.15, 0.2) is 54.6 Å². The number of hydrogen-bond acceptors (Lipinski definition) is 2. The summed E-state index contributed by atoms with van der Waals surface area (Å²) in [5, 5.41) is 9.66. The van der Waals surface area contributed by atoms with Crippen LogP contribution in [-0.2, 0) is 5.41 Å². The van der Waals surface area contributed by atoms with E-state index in [1.807, 2.05) is 0 Å². The van der Waals surface area contributed by atoms with E-state index in [0.29, 0.717) is 5.92 Å². The van der Waals surface area contributed by atoms with Gasteiger partial charge >= 0.3 is 0 Å². The van der Waals surface area contributed by atoms with E-state index in [1.54, 1.807) is 0 Å². The Labute approximate surface area is 265 Å². The van der Waals surface area contributed by atoms with Crippen molar-refractivity contribution in [2.45, 2.75) is 168 Å². The van der Waals surface area contributed by atoms with Crippen LogP contribution in [0.5, 0.6) is 0 Å². The molecule has 2 aromatic carbocycles. The molecule has 0 aliphatic carbocycles. The van der Waals surface area contributed by atoms with E-state index in [0.717, 1.165) is 29.3 Å². The SMILES string of the molecule is CCCCCCCCCCCCCCCCCCC(CCC)c1nnc(-c2ccc(C(C)(C)C)cc2)n1-c1ccccc1. The number of para-hydroxylation sites is 1. The zero-order valence-corrected chi connectivity index (χ0v) is 28.6. The van der Waals surface area contributed by atoms with Crippen molar-refractivity contribution in [2.24, 2.45) is 0 Å². The van der Waals surface area contributed by atoms with Crippen LogP contribution in [-0.4, -0.2) is 14.8 Å². The fourth-order valence-electron chi connectivity index (χ4n) is 6.39. The summed E-state index contributed by atoms with van der Waals surface area (Å²) in [6.45, 7) is 11.4. The smallest absolute Gasteiger partial charge is 0.168 e. The molecule has 1 atom stereocenters. The van der Waals surface area contributed by atoms with Crippen molar-refractivity contribution in [1.82, 2.24) is 14.8 Å². The van der Waals surface area contributed by atoms with E-state index < -0.39 is 0 Å². The van der Waals surface area contributed by atoms with Crippen molar-refractivity contribution in [2.75, 3.05) is 0 Å². The number of rotatable bonds is 22. The van der Waals surface area contributed by atoms with Gasteiger partial charge in [-0.2, -0.15) is 0 Å². The Morgan fingerprint density at radius 1 is 0.558 bits per heavy atom. The Bertz CT molecular complexity index is 1110. The van der Waals surface area contributed by atoms with Crippen LogP contribution in [0, 0.1) is 0 Å². The van der Waals surface area contributed by atoms with Gasteiger partial charge in [-0.3, -0.25) is 4.57 Å². The van der Waals surface area contributed by atoms with Gasteiger partial charge in [0.1, 0.15) is 5.82 Å². The summed E-state index contributed by atoms with van der Waals surface area (Å²) in [6, 6.07) is 19.7. The number of nitrogens with zero attached hydrogens (tertiary/aromatic N) is 3. The third kappa shape index (κ3) is 12.2. The summed E-state index contributed by atoms with van der Waals surface area (Å²) in [5.74, 6) is 2.52. The number of unbranched alkanes of at least 4 members (excludes halogenated alkanes) is 15. The highest BCUT2D eigenvalue weighted by Crippen LogP contribution is 2.33. The molecular formula is C40H63N3. The van der Waals surface area contributed by atoms with Crippen LogP contribution in [0.3, 0.4) is 0 Å². The van der Waals surface area contributed by atoms with Gasteiger partial charge < -0.3 is 0 Å². The molecule has 0 N–H and O–H groups in total. The van der Waals surface area contributed by atoms with Crippen molar-refractivity contribution < 1.29 is 0 Å². The third-order valence-corrected chi connectivity index (χ3v) is 9.12. The molecule has 0 fully saturated rings. The van der Waals surface area contributed by atoms with Crippen molar-refractivity contribution in [3.05, 3.63) is 66.0 Å². The van der Waals surface area contributed by atoms with Gasteiger partial charge in [0.05, 0.1) is 0 Å². The Kier molecular flexibility index (Phi) is 16.1. The predicted molar refractivity (Wildman–Crippen MR) is 187 cm³/mol. The number of benzene rings is 2. The molecular weight excluding hydrogens is 522 g/mol. The first-order chi connectivity index (χ1) is 21.0. The summed E-state index contributed by atoms with van der Waals surface area (Å²) in [4.78, 5) is 0. The summed E-state index contributed by atoms with van der Waals surface area (Å²) >= 11 is 0. The molecule has 0 bridgehead atoms. The molecule has 3 nitrogen and oxygen atoms in total. The van der Waals surface area contributed by atoms with E-state index in [4.69, 9.17) is 10.2 Å². The van der Waals surface area contributed by atoms with E-state index >= 15 is 0 Å². The molecule has 0 spiro atoms. The Morgan fingerprint density at radius 2 is 1.07 bits per heavy atom. The maximum absolute atomic E-state index is 4.86. The highest BCUT2D eigenvalue weighted by Gasteiger charge is 2.23. The fraction of sp³-hybridized carbons (Fsp3) is 0.650. The van der Waals surface area contributed by atoms with Crippen LogP contribution < -0.4 is 0 Å². The minimum absolute atomic E-state index is 0.135. The summed E-state index contributed by atoms with van der Waals surface area (Å²) in [5.41, 5.74) is 3.77. The van der Waals surface area contributed by atoms with E-state index in [-0.39, 0.29) is 5.41 Å². The largest absolute Gasteiger partial charge is 0.279 e. The third-order valence-electron chi connectivity index (χ3n) is 9.12. The average molecular weight is 586 g/mol. The lowest BCUT2D eigenvalue weighted by Gasteiger charge is -2.20. The molecule has 238 valence electrons. The fourth-order valence-corrected chi connectivity index (χ4v) is 6.39. The van der Waals surface area contributed by atoms with Gasteiger partial charge in [-0.25, -0.2) is 0 Å². The Balaban J connectivity index is 1.47. The quantitative estimate of drug-likeness (QED) is 0.110. The lowest BCUT2D eigenvalue weighted by atomic mass is 9.86. The first-order valence-corrected chi connectivity index (χ1v) is 18.1. The molecule has 0 aliphatic heterocycles. The molecule has 3 aromatic rings. The molecule has 1 heterocycles. The van der Waals surface area contributed by atoms with Gasteiger partial charge in [0.25, 0.3) is 0 Å². The van der Waals surface area contributed by atoms with Crippen molar-refractivity contribution in [3.8, 4) is 17.1 Å². The van der Waals surface area contributed by atoms with E-state index in [1.165, 1.54) is 121 Å². The average Bonchev–Trinajstić information content (AvgIpc) is 3.45. The first kappa shape index (κ1) is 35.1. The molecule has 1 aromatic heterocycles. The first-order valence-electron chi connectivity index (χ1n) is 18.1. The zero-order chi connectivity index (χ0) is 30.8. The van der Waals surface area contributed by atoms with Crippen LogP contribution >= 0.6 is 0 Å². The Hall–Kier alpha value is -2.42. The molecule has 0 aliphatic rings. The summed E-state index contributed by atoms with van der Waals surface area (Å²) in [7, 11) is 0. The lowest BCUT2D eigenvalue weighted by molar-refractivity contribution is 0.484. The second kappa shape index (κ2) is 19.8. The number of hydrogen-bond donors (Lipinski definition) is 0. The molecule has 0 amide bonds. The van der Waals surface area contributed by atoms with Crippen LogP contribution in [0.25, 0.3) is 17.1 Å². The highest BCUT2D eigenvalue weighted by atomic mass is 15.3. The van der Waals surface area contributed by atoms with Gasteiger partial charge in [0.15, 0.2) is 5.82 Å².